The van der Waals surface area contributed by atoms with Gasteiger partial charge < -0.3 is 5.32 Å². The molecule has 19 heavy (non-hydrogen) atoms. The minimum absolute atomic E-state index is 0.0106. The molecule has 0 spiro atoms. The van der Waals surface area contributed by atoms with Crippen LogP contribution in [0.4, 0.5) is 0 Å². The molecule has 1 aromatic rings. The highest BCUT2D eigenvalue weighted by atomic mass is 16.2. The summed E-state index contributed by atoms with van der Waals surface area (Å²) in [6, 6.07) is 8.86. The molecule has 0 saturated carbocycles. The summed E-state index contributed by atoms with van der Waals surface area (Å²) in [5, 5.41) is 2.71. The summed E-state index contributed by atoms with van der Waals surface area (Å²) in [4.78, 5) is 13.8. The summed E-state index contributed by atoms with van der Waals surface area (Å²) in [7, 11) is 2.00. The standard InChI is InChI=1S/C16H20N2O/c1-3-11-17-16(19)12-18(2)15-10-6-8-13-7-4-5-9-14(13)15/h1,4-5,7,9,15H,6,8,10-12H2,2H3,(H,17,19). The summed E-state index contributed by atoms with van der Waals surface area (Å²) in [5.41, 5.74) is 2.77. The predicted octanol–water partition coefficient (Wildman–Crippen LogP) is 1.75. The van der Waals surface area contributed by atoms with Crippen LogP contribution in [0.15, 0.2) is 24.3 Å². The van der Waals surface area contributed by atoms with Gasteiger partial charge in [-0.15, -0.1) is 6.42 Å². The molecule has 1 N–H and O–H groups in total. The van der Waals surface area contributed by atoms with Crippen molar-refractivity contribution in [2.45, 2.75) is 25.3 Å². The van der Waals surface area contributed by atoms with E-state index in [1.54, 1.807) is 0 Å². The number of amides is 1. The van der Waals surface area contributed by atoms with Crippen molar-refractivity contribution in [3.8, 4) is 12.3 Å². The molecule has 3 heteroatoms. The maximum absolute atomic E-state index is 11.7. The van der Waals surface area contributed by atoms with E-state index in [-0.39, 0.29) is 5.91 Å². The zero-order chi connectivity index (χ0) is 13.7. The molecule has 2 rings (SSSR count). The summed E-state index contributed by atoms with van der Waals surface area (Å²) >= 11 is 0. The van der Waals surface area contributed by atoms with Crippen molar-refractivity contribution in [3.63, 3.8) is 0 Å². The molecule has 0 aromatic heterocycles. The van der Waals surface area contributed by atoms with Crippen LogP contribution in [-0.2, 0) is 11.2 Å². The molecule has 0 aliphatic heterocycles. The molecule has 1 aliphatic rings. The second kappa shape index (κ2) is 6.40. The van der Waals surface area contributed by atoms with E-state index in [1.807, 2.05) is 7.05 Å². The lowest BCUT2D eigenvalue weighted by Crippen LogP contribution is -2.38. The average molecular weight is 256 g/mol. The predicted molar refractivity (Wildman–Crippen MR) is 76.6 cm³/mol. The third kappa shape index (κ3) is 3.36. The Kier molecular flexibility index (Phi) is 4.59. The Balaban J connectivity index is 2.03. The van der Waals surface area contributed by atoms with Gasteiger partial charge >= 0.3 is 0 Å². The van der Waals surface area contributed by atoms with Gasteiger partial charge in [0.15, 0.2) is 0 Å². The fourth-order valence-electron chi connectivity index (χ4n) is 2.73. The fourth-order valence-corrected chi connectivity index (χ4v) is 2.73. The molecule has 1 unspecified atom stereocenters. The van der Waals surface area contributed by atoms with Crippen molar-refractivity contribution >= 4 is 5.91 Å². The van der Waals surface area contributed by atoms with Gasteiger partial charge in [-0.1, -0.05) is 30.2 Å². The Labute approximate surface area is 115 Å². The highest BCUT2D eigenvalue weighted by Crippen LogP contribution is 2.33. The summed E-state index contributed by atoms with van der Waals surface area (Å²) in [6.07, 6.45) is 8.56. The number of aryl methyl sites for hydroxylation is 1. The highest BCUT2D eigenvalue weighted by Gasteiger charge is 2.24. The van der Waals surface area contributed by atoms with E-state index in [2.05, 4.69) is 40.4 Å². The van der Waals surface area contributed by atoms with E-state index in [1.165, 1.54) is 17.5 Å². The molecule has 1 atom stereocenters. The van der Waals surface area contributed by atoms with Crippen LogP contribution in [0.5, 0.6) is 0 Å². The van der Waals surface area contributed by atoms with Crippen LogP contribution in [0.25, 0.3) is 0 Å². The number of carbonyl (C=O) groups excluding carboxylic acids is 1. The second-order valence-electron chi connectivity index (χ2n) is 5.00. The molecule has 0 fully saturated rings. The third-order valence-electron chi connectivity index (χ3n) is 3.65. The van der Waals surface area contributed by atoms with Crippen LogP contribution in [-0.4, -0.2) is 30.9 Å². The monoisotopic (exact) mass is 256 g/mol. The van der Waals surface area contributed by atoms with Crippen molar-refractivity contribution in [3.05, 3.63) is 35.4 Å². The molecular formula is C16H20N2O. The van der Waals surface area contributed by atoms with E-state index in [4.69, 9.17) is 6.42 Å². The van der Waals surface area contributed by atoms with Crippen molar-refractivity contribution in [2.75, 3.05) is 20.1 Å². The maximum Gasteiger partial charge on any atom is 0.234 e. The molecule has 1 aromatic carbocycles. The quantitative estimate of drug-likeness (QED) is 0.832. The van der Waals surface area contributed by atoms with Crippen LogP contribution in [0.2, 0.25) is 0 Å². The molecule has 0 saturated heterocycles. The molecular weight excluding hydrogens is 236 g/mol. The number of hydrogen-bond donors (Lipinski definition) is 1. The van der Waals surface area contributed by atoms with Gasteiger partial charge in [0.05, 0.1) is 13.1 Å². The van der Waals surface area contributed by atoms with Gasteiger partial charge in [-0.25, -0.2) is 0 Å². The molecule has 0 heterocycles. The van der Waals surface area contributed by atoms with E-state index >= 15 is 0 Å². The van der Waals surface area contributed by atoms with Gasteiger partial charge in [-0.2, -0.15) is 0 Å². The fraction of sp³-hybridized carbons (Fsp3) is 0.438. The first kappa shape index (κ1) is 13.6. The summed E-state index contributed by atoms with van der Waals surface area (Å²) in [6.45, 7) is 0.689. The first-order valence-electron chi connectivity index (χ1n) is 6.70. The van der Waals surface area contributed by atoms with E-state index in [0.29, 0.717) is 19.1 Å². The van der Waals surface area contributed by atoms with Crippen molar-refractivity contribution in [1.29, 1.82) is 0 Å². The first-order chi connectivity index (χ1) is 9.22. The van der Waals surface area contributed by atoms with Crippen molar-refractivity contribution < 1.29 is 4.79 Å². The maximum atomic E-state index is 11.7. The van der Waals surface area contributed by atoms with Gasteiger partial charge in [0, 0.05) is 6.04 Å². The van der Waals surface area contributed by atoms with Gasteiger partial charge in [-0.3, -0.25) is 9.69 Å². The third-order valence-corrected chi connectivity index (χ3v) is 3.65. The Morgan fingerprint density at radius 2 is 2.32 bits per heavy atom. The van der Waals surface area contributed by atoms with Gasteiger partial charge in [0.1, 0.15) is 0 Å². The summed E-state index contributed by atoms with van der Waals surface area (Å²) in [5.74, 6) is 2.41. The van der Waals surface area contributed by atoms with Gasteiger partial charge in [-0.05, 0) is 37.4 Å². The Bertz CT molecular complexity index is 490. The van der Waals surface area contributed by atoms with Crippen LogP contribution in [0.3, 0.4) is 0 Å². The van der Waals surface area contributed by atoms with Crippen LogP contribution < -0.4 is 5.32 Å². The molecule has 0 radical (unpaired) electrons. The van der Waals surface area contributed by atoms with E-state index in [0.717, 1.165) is 12.8 Å². The first-order valence-corrected chi connectivity index (χ1v) is 6.70. The van der Waals surface area contributed by atoms with Crippen LogP contribution in [0.1, 0.15) is 30.0 Å². The zero-order valence-corrected chi connectivity index (χ0v) is 11.4. The smallest absolute Gasteiger partial charge is 0.234 e. The van der Waals surface area contributed by atoms with E-state index in [9.17, 15) is 4.79 Å². The SMILES string of the molecule is C#CCNC(=O)CN(C)C1CCCc2ccccc21. The lowest BCUT2D eigenvalue weighted by molar-refractivity contribution is -0.122. The minimum Gasteiger partial charge on any atom is -0.344 e. The molecule has 100 valence electrons. The average Bonchev–Trinajstić information content (AvgIpc) is 2.44. The number of nitrogens with one attached hydrogen (secondary N) is 1. The van der Waals surface area contributed by atoms with Crippen LogP contribution >= 0.6 is 0 Å². The van der Waals surface area contributed by atoms with Crippen LogP contribution in [0, 0.1) is 12.3 Å². The lowest BCUT2D eigenvalue weighted by atomic mass is 9.87. The number of benzene rings is 1. The molecule has 1 amide bonds. The number of terminal acetylenes is 1. The Morgan fingerprint density at radius 3 is 3.11 bits per heavy atom. The number of likely N-dealkylation sites (N-methyl/N-ethyl adjacent to an activating group) is 1. The highest BCUT2D eigenvalue weighted by molar-refractivity contribution is 5.78. The zero-order valence-electron chi connectivity index (χ0n) is 11.4. The molecule has 3 nitrogen and oxygen atoms in total. The number of hydrogen-bond acceptors (Lipinski definition) is 2. The van der Waals surface area contributed by atoms with Gasteiger partial charge in [0.25, 0.3) is 0 Å². The lowest BCUT2D eigenvalue weighted by Gasteiger charge is -2.32. The number of carbonyl (C=O) groups is 1. The number of nitrogens with zero attached hydrogens (tertiary/aromatic N) is 1. The topological polar surface area (TPSA) is 32.3 Å². The van der Waals surface area contributed by atoms with Crippen molar-refractivity contribution in [1.82, 2.24) is 10.2 Å². The molecule has 1 aliphatic carbocycles. The van der Waals surface area contributed by atoms with E-state index < -0.39 is 0 Å². The van der Waals surface area contributed by atoms with Crippen molar-refractivity contribution in [2.24, 2.45) is 0 Å². The van der Waals surface area contributed by atoms with Gasteiger partial charge in [0.2, 0.25) is 5.91 Å². The Morgan fingerprint density at radius 1 is 1.53 bits per heavy atom. The Hall–Kier alpha value is -1.79. The number of rotatable bonds is 4. The minimum atomic E-state index is -0.0106. The normalized spacial score (nSPS) is 17.6. The molecule has 0 bridgehead atoms. The number of fused-ring (bicyclic) bond motifs is 1. The largest absolute Gasteiger partial charge is 0.344 e. The summed E-state index contributed by atoms with van der Waals surface area (Å²) < 4.78 is 0. The second-order valence-corrected chi connectivity index (χ2v) is 5.00.